The summed E-state index contributed by atoms with van der Waals surface area (Å²) in [6.45, 7) is 2.57. The highest BCUT2D eigenvalue weighted by Crippen LogP contribution is 2.21. The SMILES string of the molecule is O=C(NC1CCCN(Cc2cccs2)C1)c1cc(F)c(F)cc1Cl. The van der Waals surface area contributed by atoms with Crippen molar-refractivity contribution in [2.45, 2.75) is 25.4 Å². The molecule has 1 fully saturated rings. The second kappa shape index (κ2) is 7.59. The van der Waals surface area contributed by atoms with E-state index >= 15 is 0 Å². The van der Waals surface area contributed by atoms with Crippen molar-refractivity contribution >= 4 is 28.8 Å². The van der Waals surface area contributed by atoms with Gasteiger partial charge in [-0.05, 0) is 43.0 Å². The van der Waals surface area contributed by atoms with Crippen LogP contribution in [0.1, 0.15) is 28.1 Å². The third-order valence-corrected chi connectivity index (χ3v) is 5.23. The van der Waals surface area contributed by atoms with Crippen LogP contribution in [0.15, 0.2) is 29.6 Å². The van der Waals surface area contributed by atoms with Crippen molar-refractivity contribution in [2.75, 3.05) is 13.1 Å². The smallest absolute Gasteiger partial charge is 0.253 e. The van der Waals surface area contributed by atoms with Gasteiger partial charge in [0, 0.05) is 24.0 Å². The molecule has 1 aliphatic heterocycles. The van der Waals surface area contributed by atoms with Crippen molar-refractivity contribution in [3.8, 4) is 0 Å². The molecule has 7 heteroatoms. The average Bonchev–Trinajstić information content (AvgIpc) is 3.04. The monoisotopic (exact) mass is 370 g/mol. The van der Waals surface area contributed by atoms with E-state index in [2.05, 4.69) is 16.3 Å². The van der Waals surface area contributed by atoms with Gasteiger partial charge in [0.2, 0.25) is 0 Å². The lowest BCUT2D eigenvalue weighted by atomic mass is 10.0. The van der Waals surface area contributed by atoms with Crippen LogP contribution in [0.25, 0.3) is 0 Å². The van der Waals surface area contributed by atoms with Crippen LogP contribution >= 0.6 is 22.9 Å². The van der Waals surface area contributed by atoms with E-state index in [0.717, 1.165) is 44.6 Å². The van der Waals surface area contributed by atoms with Crippen LogP contribution in [0.3, 0.4) is 0 Å². The zero-order chi connectivity index (χ0) is 17.1. The number of nitrogens with zero attached hydrogens (tertiary/aromatic N) is 1. The van der Waals surface area contributed by atoms with Gasteiger partial charge in [-0.25, -0.2) is 8.78 Å². The standard InChI is InChI=1S/C17H17ClF2N2OS/c18-14-8-16(20)15(19)7-13(14)17(23)21-11-3-1-5-22(9-11)10-12-4-2-6-24-12/h2,4,6-8,11H,1,3,5,9-10H2,(H,21,23). The summed E-state index contributed by atoms with van der Waals surface area (Å²) in [5.41, 5.74) is -0.0362. The van der Waals surface area contributed by atoms with Crippen molar-refractivity contribution in [3.05, 3.63) is 56.7 Å². The number of halogens is 3. The van der Waals surface area contributed by atoms with E-state index < -0.39 is 17.5 Å². The van der Waals surface area contributed by atoms with Crippen molar-refractivity contribution < 1.29 is 13.6 Å². The Balaban J connectivity index is 1.62. The first-order chi connectivity index (χ1) is 11.5. The van der Waals surface area contributed by atoms with Gasteiger partial charge in [-0.1, -0.05) is 17.7 Å². The molecule has 3 rings (SSSR count). The number of benzene rings is 1. The zero-order valence-corrected chi connectivity index (χ0v) is 14.5. The van der Waals surface area contributed by atoms with Gasteiger partial charge in [-0.2, -0.15) is 0 Å². The molecule has 0 bridgehead atoms. The average molecular weight is 371 g/mol. The van der Waals surface area contributed by atoms with Gasteiger partial charge in [0.05, 0.1) is 10.6 Å². The second-order valence-electron chi connectivity index (χ2n) is 5.87. The second-order valence-corrected chi connectivity index (χ2v) is 7.31. The molecule has 1 unspecified atom stereocenters. The van der Waals surface area contributed by atoms with Gasteiger partial charge >= 0.3 is 0 Å². The minimum atomic E-state index is -1.08. The Bertz CT molecular complexity index is 724. The van der Waals surface area contributed by atoms with E-state index in [-0.39, 0.29) is 16.6 Å². The highest BCUT2D eigenvalue weighted by atomic mass is 35.5. The van der Waals surface area contributed by atoms with Crippen LogP contribution in [-0.4, -0.2) is 29.9 Å². The topological polar surface area (TPSA) is 32.3 Å². The van der Waals surface area contributed by atoms with Crippen LogP contribution in [0.5, 0.6) is 0 Å². The number of carbonyl (C=O) groups is 1. The Hall–Kier alpha value is -1.50. The van der Waals surface area contributed by atoms with E-state index in [1.807, 2.05) is 11.4 Å². The van der Waals surface area contributed by atoms with E-state index in [9.17, 15) is 13.6 Å². The largest absolute Gasteiger partial charge is 0.348 e. The summed E-state index contributed by atoms with van der Waals surface area (Å²) in [5, 5.41) is 4.84. The molecule has 0 radical (unpaired) electrons. The van der Waals surface area contributed by atoms with Gasteiger partial charge < -0.3 is 5.32 Å². The molecule has 128 valence electrons. The summed E-state index contributed by atoms with van der Waals surface area (Å²) in [6, 6.07) is 5.76. The summed E-state index contributed by atoms with van der Waals surface area (Å²) in [6.07, 6.45) is 1.83. The molecular formula is C17H17ClF2N2OS. The molecular weight excluding hydrogens is 354 g/mol. The molecule has 0 aliphatic carbocycles. The van der Waals surface area contributed by atoms with Crippen LogP contribution in [0.2, 0.25) is 5.02 Å². The maximum absolute atomic E-state index is 13.4. The van der Waals surface area contributed by atoms with E-state index in [0.29, 0.717) is 0 Å². The Labute approximate surface area is 148 Å². The van der Waals surface area contributed by atoms with Crippen LogP contribution < -0.4 is 5.32 Å². The lowest BCUT2D eigenvalue weighted by molar-refractivity contribution is 0.0901. The molecule has 1 aliphatic rings. The minimum absolute atomic E-state index is 0.0320. The number of hydrogen-bond acceptors (Lipinski definition) is 3. The molecule has 1 aromatic heterocycles. The van der Waals surface area contributed by atoms with E-state index in [4.69, 9.17) is 11.6 Å². The lowest BCUT2D eigenvalue weighted by Gasteiger charge is -2.32. The summed E-state index contributed by atoms with van der Waals surface area (Å²) < 4.78 is 26.5. The number of hydrogen-bond donors (Lipinski definition) is 1. The first-order valence-corrected chi connectivity index (χ1v) is 8.99. The quantitative estimate of drug-likeness (QED) is 0.823. The number of amides is 1. The maximum Gasteiger partial charge on any atom is 0.253 e. The number of carbonyl (C=O) groups excluding carboxylic acids is 1. The molecule has 1 amide bonds. The highest BCUT2D eigenvalue weighted by Gasteiger charge is 2.23. The number of rotatable bonds is 4. The number of likely N-dealkylation sites (tertiary alicyclic amines) is 1. The highest BCUT2D eigenvalue weighted by molar-refractivity contribution is 7.09. The van der Waals surface area contributed by atoms with Gasteiger partial charge in [0.15, 0.2) is 11.6 Å². The Morgan fingerprint density at radius 1 is 1.38 bits per heavy atom. The Morgan fingerprint density at radius 3 is 2.92 bits per heavy atom. The summed E-state index contributed by atoms with van der Waals surface area (Å²) in [7, 11) is 0. The molecule has 1 saturated heterocycles. The van der Waals surface area contributed by atoms with Crippen molar-refractivity contribution in [3.63, 3.8) is 0 Å². The fraction of sp³-hybridized carbons (Fsp3) is 0.353. The molecule has 24 heavy (non-hydrogen) atoms. The Kier molecular flexibility index (Phi) is 5.48. The summed E-state index contributed by atoms with van der Waals surface area (Å²) in [5.74, 6) is -2.61. The van der Waals surface area contributed by atoms with Gasteiger partial charge in [-0.15, -0.1) is 11.3 Å². The normalized spacial score (nSPS) is 18.5. The van der Waals surface area contributed by atoms with Gasteiger partial charge in [0.1, 0.15) is 0 Å². The fourth-order valence-electron chi connectivity index (χ4n) is 2.90. The van der Waals surface area contributed by atoms with Gasteiger partial charge in [-0.3, -0.25) is 9.69 Å². The Morgan fingerprint density at radius 2 is 2.17 bits per heavy atom. The van der Waals surface area contributed by atoms with Crippen LogP contribution in [0, 0.1) is 11.6 Å². The minimum Gasteiger partial charge on any atom is -0.348 e. The van der Waals surface area contributed by atoms with Crippen LogP contribution in [0.4, 0.5) is 8.78 Å². The lowest BCUT2D eigenvalue weighted by Crippen LogP contribution is -2.47. The predicted molar refractivity (Wildman–Crippen MR) is 91.5 cm³/mol. The fourth-order valence-corrected chi connectivity index (χ4v) is 3.88. The first-order valence-electron chi connectivity index (χ1n) is 7.73. The molecule has 1 N–H and O–H groups in total. The maximum atomic E-state index is 13.4. The first kappa shape index (κ1) is 17.3. The van der Waals surface area contributed by atoms with E-state index in [1.54, 1.807) is 11.3 Å². The van der Waals surface area contributed by atoms with Gasteiger partial charge in [0.25, 0.3) is 5.91 Å². The van der Waals surface area contributed by atoms with Crippen LogP contribution in [-0.2, 0) is 6.54 Å². The molecule has 0 saturated carbocycles. The van der Waals surface area contributed by atoms with Crippen molar-refractivity contribution in [1.82, 2.24) is 10.2 Å². The molecule has 3 nitrogen and oxygen atoms in total. The molecule has 1 aromatic carbocycles. The number of piperidine rings is 1. The summed E-state index contributed by atoms with van der Waals surface area (Å²) >= 11 is 7.57. The molecule has 1 atom stereocenters. The van der Waals surface area contributed by atoms with E-state index in [1.165, 1.54) is 4.88 Å². The number of nitrogens with one attached hydrogen (secondary N) is 1. The molecule has 0 spiro atoms. The zero-order valence-electron chi connectivity index (χ0n) is 12.9. The third-order valence-electron chi connectivity index (χ3n) is 4.05. The number of thiophene rings is 1. The predicted octanol–water partition coefficient (Wildman–Crippen LogP) is 4.07. The van der Waals surface area contributed by atoms with Crippen molar-refractivity contribution in [1.29, 1.82) is 0 Å². The molecule has 2 heterocycles. The van der Waals surface area contributed by atoms with Crippen molar-refractivity contribution in [2.24, 2.45) is 0 Å². The third kappa shape index (κ3) is 4.12. The molecule has 2 aromatic rings. The summed E-state index contributed by atoms with van der Waals surface area (Å²) in [4.78, 5) is 15.9.